The number of thioether (sulfide) groups is 1. The number of aromatic nitrogens is 1. The summed E-state index contributed by atoms with van der Waals surface area (Å²) in [4.78, 5) is 16.9. The van der Waals surface area contributed by atoms with Gasteiger partial charge in [-0.1, -0.05) is 17.7 Å². The molecule has 1 amide bonds. The lowest BCUT2D eigenvalue weighted by Crippen LogP contribution is -2.31. The van der Waals surface area contributed by atoms with Crippen LogP contribution in [0.5, 0.6) is 0 Å². The Morgan fingerprint density at radius 3 is 3.05 bits per heavy atom. The molecule has 3 rings (SSSR count). The summed E-state index contributed by atoms with van der Waals surface area (Å²) < 4.78 is 13.1. The lowest BCUT2D eigenvalue weighted by atomic mass is 10.0. The molecule has 1 N–H and O–H groups in total. The number of amides is 1. The average molecular weight is 323 g/mol. The van der Waals surface area contributed by atoms with Crippen LogP contribution >= 0.6 is 23.4 Å². The van der Waals surface area contributed by atoms with Crippen LogP contribution in [0.25, 0.3) is 0 Å². The van der Waals surface area contributed by atoms with Gasteiger partial charge in [-0.2, -0.15) is 4.39 Å². The van der Waals surface area contributed by atoms with Crippen LogP contribution in [0.4, 0.5) is 4.39 Å². The topological polar surface area (TPSA) is 42.0 Å². The van der Waals surface area contributed by atoms with Gasteiger partial charge in [0.05, 0.1) is 6.04 Å². The molecule has 21 heavy (non-hydrogen) atoms. The minimum atomic E-state index is -0.662. The van der Waals surface area contributed by atoms with Crippen LogP contribution in [0, 0.1) is 5.95 Å². The van der Waals surface area contributed by atoms with Crippen LogP contribution in [0.2, 0.25) is 5.02 Å². The molecule has 1 aromatic heterocycles. The average Bonchev–Trinajstić information content (AvgIpc) is 2.48. The second-order valence-electron chi connectivity index (χ2n) is 4.69. The highest BCUT2D eigenvalue weighted by molar-refractivity contribution is 7.99. The molecular weight excluding hydrogens is 311 g/mol. The molecule has 0 aliphatic carbocycles. The minimum absolute atomic E-state index is 0.0804. The molecular formula is C15H12ClFN2OS. The molecule has 108 valence electrons. The summed E-state index contributed by atoms with van der Waals surface area (Å²) in [7, 11) is 0. The normalized spacial score (nSPS) is 17.1. The summed E-state index contributed by atoms with van der Waals surface area (Å²) in [5.41, 5.74) is 1.08. The molecule has 0 saturated carbocycles. The van der Waals surface area contributed by atoms with Gasteiger partial charge in [-0.25, -0.2) is 4.98 Å². The molecule has 1 atom stereocenters. The van der Waals surface area contributed by atoms with Crippen molar-refractivity contribution in [3.05, 3.63) is 58.6 Å². The quantitative estimate of drug-likeness (QED) is 0.854. The second kappa shape index (κ2) is 6.03. The Morgan fingerprint density at radius 1 is 1.38 bits per heavy atom. The fourth-order valence-electron chi connectivity index (χ4n) is 2.28. The Labute approximate surface area is 130 Å². The standard InChI is InChI=1S/C15H12ClFN2OS/c16-9-4-5-13-10(8-9)11(6-7-21-13)19-15(20)12-2-1-3-14(17)18-12/h1-5,8,11H,6-7H2,(H,19,20). The van der Waals surface area contributed by atoms with E-state index in [-0.39, 0.29) is 17.6 Å². The predicted octanol–water partition coefficient (Wildman–Crippen LogP) is 3.84. The van der Waals surface area contributed by atoms with Gasteiger partial charge in [-0.15, -0.1) is 11.8 Å². The number of carbonyl (C=O) groups excluding carboxylic acids is 1. The molecule has 1 aliphatic rings. The maximum Gasteiger partial charge on any atom is 0.270 e. The lowest BCUT2D eigenvalue weighted by Gasteiger charge is -2.26. The number of pyridine rings is 1. The van der Waals surface area contributed by atoms with E-state index >= 15 is 0 Å². The van der Waals surface area contributed by atoms with E-state index in [0.717, 1.165) is 22.6 Å². The summed E-state index contributed by atoms with van der Waals surface area (Å²) >= 11 is 7.77. The number of benzene rings is 1. The van der Waals surface area contributed by atoms with Crippen molar-refractivity contribution in [1.82, 2.24) is 10.3 Å². The van der Waals surface area contributed by atoms with Gasteiger partial charge in [0.2, 0.25) is 5.95 Å². The van der Waals surface area contributed by atoms with E-state index in [1.165, 1.54) is 18.2 Å². The Morgan fingerprint density at radius 2 is 2.24 bits per heavy atom. The Bertz CT molecular complexity index is 695. The number of hydrogen-bond acceptors (Lipinski definition) is 3. The van der Waals surface area contributed by atoms with Gasteiger partial charge < -0.3 is 5.32 Å². The highest BCUT2D eigenvalue weighted by Gasteiger charge is 2.23. The number of fused-ring (bicyclic) bond motifs is 1. The lowest BCUT2D eigenvalue weighted by molar-refractivity contribution is 0.0928. The van der Waals surface area contributed by atoms with Crippen LogP contribution in [-0.4, -0.2) is 16.6 Å². The zero-order valence-electron chi connectivity index (χ0n) is 11.0. The fourth-order valence-corrected chi connectivity index (χ4v) is 3.57. The van der Waals surface area contributed by atoms with Gasteiger partial charge >= 0.3 is 0 Å². The molecule has 6 heteroatoms. The van der Waals surface area contributed by atoms with Crippen molar-refractivity contribution in [2.75, 3.05) is 5.75 Å². The van der Waals surface area contributed by atoms with Crippen LogP contribution in [0.15, 0.2) is 41.3 Å². The molecule has 0 saturated heterocycles. The molecule has 0 fully saturated rings. The van der Waals surface area contributed by atoms with Crippen LogP contribution in [0.1, 0.15) is 28.5 Å². The van der Waals surface area contributed by atoms with Crippen molar-refractivity contribution in [3.63, 3.8) is 0 Å². The summed E-state index contributed by atoms with van der Waals surface area (Å²) in [6.45, 7) is 0. The third kappa shape index (κ3) is 3.19. The number of nitrogens with one attached hydrogen (secondary N) is 1. The first kappa shape index (κ1) is 14.4. The van der Waals surface area contributed by atoms with Gasteiger partial charge in [0, 0.05) is 15.7 Å². The molecule has 1 aliphatic heterocycles. The first-order valence-corrected chi connectivity index (χ1v) is 7.85. The summed E-state index contributed by atoms with van der Waals surface area (Å²) in [6, 6.07) is 9.72. The third-order valence-corrected chi connectivity index (χ3v) is 4.62. The van der Waals surface area contributed by atoms with E-state index in [1.807, 2.05) is 18.2 Å². The van der Waals surface area contributed by atoms with E-state index < -0.39 is 5.95 Å². The van der Waals surface area contributed by atoms with Gasteiger partial charge in [0.15, 0.2) is 0 Å². The first-order chi connectivity index (χ1) is 10.1. The summed E-state index contributed by atoms with van der Waals surface area (Å²) in [5, 5.41) is 3.54. The highest BCUT2D eigenvalue weighted by Crippen LogP contribution is 2.37. The van der Waals surface area contributed by atoms with Crippen molar-refractivity contribution in [3.8, 4) is 0 Å². The number of rotatable bonds is 2. The minimum Gasteiger partial charge on any atom is -0.344 e. The molecule has 1 unspecified atom stereocenters. The summed E-state index contributed by atoms with van der Waals surface area (Å²) in [5.74, 6) is -0.126. The molecule has 1 aromatic carbocycles. The number of nitrogens with zero attached hydrogens (tertiary/aromatic N) is 1. The Kier molecular flexibility index (Phi) is 4.12. The second-order valence-corrected chi connectivity index (χ2v) is 6.26. The third-order valence-electron chi connectivity index (χ3n) is 3.26. The first-order valence-electron chi connectivity index (χ1n) is 6.49. The van der Waals surface area contributed by atoms with Crippen molar-refractivity contribution < 1.29 is 9.18 Å². The molecule has 0 spiro atoms. The number of halogens is 2. The van der Waals surface area contributed by atoms with Crippen molar-refractivity contribution in [2.45, 2.75) is 17.4 Å². The van der Waals surface area contributed by atoms with E-state index in [0.29, 0.717) is 5.02 Å². The maximum absolute atomic E-state index is 13.1. The Hall–Kier alpha value is -1.59. The van der Waals surface area contributed by atoms with Gasteiger partial charge in [0.1, 0.15) is 5.69 Å². The van der Waals surface area contributed by atoms with Crippen molar-refractivity contribution >= 4 is 29.3 Å². The summed E-state index contributed by atoms with van der Waals surface area (Å²) in [6.07, 6.45) is 0.805. The maximum atomic E-state index is 13.1. The van der Waals surface area contributed by atoms with E-state index in [9.17, 15) is 9.18 Å². The predicted molar refractivity (Wildman–Crippen MR) is 81.2 cm³/mol. The molecule has 0 radical (unpaired) electrons. The zero-order valence-corrected chi connectivity index (χ0v) is 12.5. The zero-order chi connectivity index (χ0) is 14.8. The fraction of sp³-hybridized carbons (Fsp3) is 0.200. The van der Waals surface area contributed by atoms with Gasteiger partial charge in [0.25, 0.3) is 5.91 Å². The van der Waals surface area contributed by atoms with Crippen LogP contribution in [-0.2, 0) is 0 Å². The monoisotopic (exact) mass is 322 g/mol. The molecule has 2 heterocycles. The van der Waals surface area contributed by atoms with E-state index in [4.69, 9.17) is 11.6 Å². The van der Waals surface area contributed by atoms with Gasteiger partial charge in [-0.3, -0.25) is 4.79 Å². The number of hydrogen-bond donors (Lipinski definition) is 1. The Balaban J connectivity index is 1.83. The van der Waals surface area contributed by atoms with Gasteiger partial charge in [-0.05, 0) is 42.3 Å². The smallest absolute Gasteiger partial charge is 0.270 e. The number of carbonyl (C=O) groups is 1. The molecule has 3 nitrogen and oxygen atoms in total. The van der Waals surface area contributed by atoms with Crippen LogP contribution in [0.3, 0.4) is 0 Å². The van der Waals surface area contributed by atoms with Crippen LogP contribution < -0.4 is 5.32 Å². The molecule has 2 aromatic rings. The van der Waals surface area contributed by atoms with Crippen molar-refractivity contribution in [2.24, 2.45) is 0 Å². The van der Waals surface area contributed by atoms with E-state index in [1.54, 1.807) is 11.8 Å². The highest BCUT2D eigenvalue weighted by atomic mass is 35.5. The largest absolute Gasteiger partial charge is 0.344 e. The van der Waals surface area contributed by atoms with Crippen molar-refractivity contribution in [1.29, 1.82) is 0 Å². The van der Waals surface area contributed by atoms with E-state index in [2.05, 4.69) is 10.3 Å². The molecule has 0 bridgehead atoms. The SMILES string of the molecule is O=C(NC1CCSc2ccc(Cl)cc21)c1cccc(F)n1.